The molecule has 0 fully saturated rings. The molecule has 6 heteroatoms. The monoisotopic (exact) mass is 367 g/mol. The van der Waals surface area contributed by atoms with Gasteiger partial charge in [0.05, 0.1) is 10.5 Å². The van der Waals surface area contributed by atoms with Gasteiger partial charge in [0, 0.05) is 6.54 Å². The molecule has 0 saturated carbocycles. The molecule has 3 aromatic carbocycles. The van der Waals surface area contributed by atoms with Gasteiger partial charge >= 0.3 is 5.97 Å². The fourth-order valence-corrected chi connectivity index (χ4v) is 3.55. The number of carboxylic acid groups (broad SMARTS) is 1. The zero-order chi connectivity index (χ0) is 18.6. The first kappa shape index (κ1) is 17.8. The molecule has 26 heavy (non-hydrogen) atoms. The lowest BCUT2D eigenvalue weighted by Crippen LogP contribution is -2.23. The van der Waals surface area contributed by atoms with Crippen LogP contribution in [0.2, 0.25) is 0 Å². The fraction of sp³-hybridized carbons (Fsp3) is 0.0500. The molecular formula is C20H17NO4S. The molecular weight excluding hydrogens is 350 g/mol. The number of aromatic carboxylic acids is 1. The van der Waals surface area contributed by atoms with Crippen molar-refractivity contribution in [2.24, 2.45) is 0 Å². The van der Waals surface area contributed by atoms with Gasteiger partial charge in [-0.05, 0) is 41.0 Å². The quantitative estimate of drug-likeness (QED) is 0.698. The van der Waals surface area contributed by atoms with Crippen molar-refractivity contribution >= 4 is 16.0 Å². The zero-order valence-electron chi connectivity index (χ0n) is 13.8. The number of rotatable bonds is 6. The molecule has 0 radical (unpaired) electrons. The van der Waals surface area contributed by atoms with Crippen molar-refractivity contribution in [1.82, 2.24) is 4.72 Å². The number of carboxylic acids is 1. The molecule has 0 aliphatic carbocycles. The second kappa shape index (κ2) is 7.51. The predicted molar refractivity (Wildman–Crippen MR) is 99.3 cm³/mol. The van der Waals surface area contributed by atoms with Gasteiger partial charge in [-0.25, -0.2) is 17.9 Å². The smallest absolute Gasteiger partial charge is 0.335 e. The lowest BCUT2D eigenvalue weighted by molar-refractivity contribution is 0.0696. The van der Waals surface area contributed by atoms with E-state index in [1.54, 1.807) is 36.4 Å². The van der Waals surface area contributed by atoms with Crippen LogP contribution in [0.4, 0.5) is 0 Å². The summed E-state index contributed by atoms with van der Waals surface area (Å²) in [5.41, 5.74) is 2.64. The van der Waals surface area contributed by atoms with Crippen molar-refractivity contribution in [2.75, 3.05) is 0 Å². The standard InChI is InChI=1S/C20H17NO4S/c22-20(23)18-8-4-5-15(13-18)14-21-26(24,25)19-11-9-17(10-12-19)16-6-2-1-3-7-16/h1-13,21H,14H2,(H,22,23). The minimum atomic E-state index is -3.69. The molecule has 2 N–H and O–H groups in total. The highest BCUT2D eigenvalue weighted by Crippen LogP contribution is 2.21. The third-order valence-corrected chi connectivity index (χ3v) is 5.33. The molecule has 0 aliphatic rings. The lowest BCUT2D eigenvalue weighted by atomic mass is 10.1. The van der Waals surface area contributed by atoms with Crippen LogP contribution in [0.15, 0.2) is 83.8 Å². The molecule has 0 aliphatic heterocycles. The molecule has 0 heterocycles. The first-order valence-corrected chi connectivity index (χ1v) is 9.41. The van der Waals surface area contributed by atoms with Crippen LogP contribution in [0, 0.1) is 0 Å². The highest BCUT2D eigenvalue weighted by Gasteiger charge is 2.14. The molecule has 0 saturated heterocycles. The Labute approximate surface area is 152 Å². The second-order valence-corrected chi connectivity index (χ2v) is 7.49. The molecule has 0 spiro atoms. The number of hydrogen-bond donors (Lipinski definition) is 2. The highest BCUT2D eigenvalue weighted by molar-refractivity contribution is 7.89. The largest absolute Gasteiger partial charge is 0.478 e. The third-order valence-electron chi connectivity index (χ3n) is 3.91. The van der Waals surface area contributed by atoms with Crippen molar-refractivity contribution in [1.29, 1.82) is 0 Å². The van der Waals surface area contributed by atoms with Crippen LogP contribution in [0.1, 0.15) is 15.9 Å². The molecule has 3 rings (SSSR count). The number of hydrogen-bond acceptors (Lipinski definition) is 3. The number of nitrogens with one attached hydrogen (secondary N) is 1. The van der Waals surface area contributed by atoms with E-state index in [9.17, 15) is 13.2 Å². The maximum Gasteiger partial charge on any atom is 0.335 e. The Morgan fingerprint density at radius 1 is 0.846 bits per heavy atom. The Balaban J connectivity index is 1.74. The van der Waals surface area contributed by atoms with E-state index in [1.165, 1.54) is 12.1 Å². The van der Waals surface area contributed by atoms with Crippen molar-refractivity contribution in [3.8, 4) is 11.1 Å². The summed E-state index contributed by atoms with van der Waals surface area (Å²) in [5.74, 6) is -1.05. The topological polar surface area (TPSA) is 83.5 Å². The normalized spacial score (nSPS) is 11.2. The first-order valence-electron chi connectivity index (χ1n) is 7.93. The summed E-state index contributed by atoms with van der Waals surface area (Å²) >= 11 is 0. The summed E-state index contributed by atoms with van der Waals surface area (Å²) in [4.78, 5) is 11.1. The van der Waals surface area contributed by atoms with E-state index in [1.807, 2.05) is 30.3 Å². The Hall–Kier alpha value is -2.96. The van der Waals surface area contributed by atoms with E-state index >= 15 is 0 Å². The first-order chi connectivity index (χ1) is 12.5. The van der Waals surface area contributed by atoms with Crippen molar-refractivity contribution in [2.45, 2.75) is 11.4 Å². The van der Waals surface area contributed by atoms with Gasteiger partial charge in [0.25, 0.3) is 0 Å². The Kier molecular flexibility index (Phi) is 5.16. The number of sulfonamides is 1. The summed E-state index contributed by atoms with van der Waals surface area (Å²) in [6.07, 6.45) is 0. The summed E-state index contributed by atoms with van der Waals surface area (Å²) < 4.78 is 27.4. The average Bonchev–Trinajstić information content (AvgIpc) is 2.67. The van der Waals surface area contributed by atoms with Gasteiger partial charge in [0.1, 0.15) is 0 Å². The van der Waals surface area contributed by atoms with E-state index < -0.39 is 16.0 Å². The maximum absolute atomic E-state index is 12.4. The molecule has 3 aromatic rings. The summed E-state index contributed by atoms with van der Waals surface area (Å²) in [6.45, 7) is 0.0177. The molecule has 0 bridgehead atoms. The van der Waals surface area contributed by atoms with Gasteiger partial charge in [-0.2, -0.15) is 0 Å². The number of benzene rings is 3. The van der Waals surface area contributed by atoms with Gasteiger partial charge in [0.2, 0.25) is 10.0 Å². The fourth-order valence-electron chi connectivity index (χ4n) is 2.53. The van der Waals surface area contributed by atoms with Crippen LogP contribution in [-0.2, 0) is 16.6 Å². The van der Waals surface area contributed by atoms with Crippen LogP contribution in [0.3, 0.4) is 0 Å². The zero-order valence-corrected chi connectivity index (χ0v) is 14.6. The highest BCUT2D eigenvalue weighted by atomic mass is 32.2. The van der Waals surface area contributed by atoms with Crippen LogP contribution in [0.25, 0.3) is 11.1 Å². The average molecular weight is 367 g/mol. The van der Waals surface area contributed by atoms with Gasteiger partial charge in [-0.3, -0.25) is 0 Å². The summed E-state index contributed by atoms with van der Waals surface area (Å²) in [7, 11) is -3.69. The van der Waals surface area contributed by atoms with E-state index in [0.717, 1.165) is 11.1 Å². The van der Waals surface area contributed by atoms with Crippen LogP contribution in [0.5, 0.6) is 0 Å². The minimum Gasteiger partial charge on any atom is -0.478 e. The molecule has 0 aromatic heterocycles. The van der Waals surface area contributed by atoms with Gasteiger partial charge in [-0.15, -0.1) is 0 Å². The van der Waals surface area contributed by atoms with Crippen molar-refractivity contribution in [3.63, 3.8) is 0 Å². The number of carbonyl (C=O) groups is 1. The summed E-state index contributed by atoms with van der Waals surface area (Å²) in [5, 5.41) is 9.00. The van der Waals surface area contributed by atoms with Gasteiger partial charge in [-0.1, -0.05) is 54.6 Å². The van der Waals surface area contributed by atoms with E-state index in [4.69, 9.17) is 5.11 Å². The van der Waals surface area contributed by atoms with Crippen molar-refractivity contribution in [3.05, 3.63) is 90.0 Å². The Morgan fingerprint density at radius 2 is 1.50 bits per heavy atom. The third kappa shape index (κ3) is 4.17. The molecule has 0 unspecified atom stereocenters. The van der Waals surface area contributed by atoms with Crippen LogP contribution in [-0.4, -0.2) is 19.5 Å². The van der Waals surface area contributed by atoms with Crippen molar-refractivity contribution < 1.29 is 18.3 Å². The SMILES string of the molecule is O=C(O)c1cccc(CNS(=O)(=O)c2ccc(-c3ccccc3)cc2)c1. The van der Waals surface area contributed by atoms with Gasteiger partial charge < -0.3 is 5.11 Å². The second-order valence-electron chi connectivity index (χ2n) is 5.72. The van der Waals surface area contributed by atoms with E-state index in [2.05, 4.69) is 4.72 Å². The minimum absolute atomic E-state index is 0.0177. The van der Waals surface area contributed by atoms with Gasteiger partial charge in [0.15, 0.2) is 0 Å². The van der Waals surface area contributed by atoms with Crippen LogP contribution >= 0.6 is 0 Å². The molecule has 0 atom stereocenters. The molecule has 5 nitrogen and oxygen atoms in total. The van der Waals surface area contributed by atoms with E-state index in [0.29, 0.717) is 5.56 Å². The predicted octanol–water partition coefficient (Wildman–Crippen LogP) is 3.53. The van der Waals surface area contributed by atoms with Crippen LogP contribution < -0.4 is 4.72 Å². The Bertz CT molecular complexity index is 1010. The molecule has 0 amide bonds. The summed E-state index contributed by atoms with van der Waals surface area (Å²) in [6, 6.07) is 22.5. The Morgan fingerprint density at radius 3 is 2.15 bits per heavy atom. The lowest BCUT2D eigenvalue weighted by Gasteiger charge is -2.08. The maximum atomic E-state index is 12.4. The van der Waals surface area contributed by atoms with E-state index in [-0.39, 0.29) is 17.0 Å². The molecule has 132 valence electrons.